The molecule has 7 nitrogen and oxygen atoms in total. The van der Waals surface area contributed by atoms with Crippen molar-refractivity contribution in [3.05, 3.63) is 48.0 Å². The van der Waals surface area contributed by atoms with Gasteiger partial charge in [0, 0.05) is 19.1 Å². The van der Waals surface area contributed by atoms with Gasteiger partial charge in [-0.2, -0.15) is 0 Å². The number of aromatic nitrogens is 4. The molecule has 0 aliphatic heterocycles. The molecule has 126 valence electrons. The molecule has 3 aromatic rings. The van der Waals surface area contributed by atoms with Crippen LogP contribution in [0.25, 0.3) is 11.2 Å². The Hall–Kier alpha value is -2.08. The highest BCUT2D eigenvalue weighted by Gasteiger charge is 2.15. The minimum atomic E-state index is -1.87. The zero-order chi connectivity index (χ0) is 16.9. The highest BCUT2D eigenvalue weighted by Crippen LogP contribution is 2.25. The van der Waals surface area contributed by atoms with Crippen LogP contribution >= 0.6 is 8.38 Å². The third-order valence-corrected chi connectivity index (χ3v) is 4.58. The van der Waals surface area contributed by atoms with Crippen molar-refractivity contribution < 1.29 is 9.79 Å². The van der Waals surface area contributed by atoms with E-state index in [2.05, 4.69) is 31.7 Å². The molecular weight excluding hydrogens is 325 g/mol. The summed E-state index contributed by atoms with van der Waals surface area (Å²) in [6, 6.07) is 10.2. The van der Waals surface area contributed by atoms with Crippen molar-refractivity contribution in [3.63, 3.8) is 0 Å². The van der Waals surface area contributed by atoms with Crippen molar-refractivity contribution in [1.82, 2.24) is 19.5 Å². The zero-order valence-electron chi connectivity index (χ0n) is 13.2. The highest BCUT2D eigenvalue weighted by molar-refractivity contribution is 7.45. The molecule has 0 spiro atoms. The van der Waals surface area contributed by atoms with Crippen LogP contribution < -0.4 is 5.73 Å². The standard InChI is InChI=1S/C16H20N5O2P/c17-15-14-16(19-11-18-15)21(9-8-12-5-2-1-3-6-12)13(20-14)7-4-10-24(22)23/h1-3,5-6,11,22-23H,4,7-10H2,(H2,17,18,19). The van der Waals surface area contributed by atoms with Crippen LogP contribution in [0.5, 0.6) is 0 Å². The van der Waals surface area contributed by atoms with E-state index in [1.54, 1.807) is 0 Å². The van der Waals surface area contributed by atoms with Gasteiger partial charge in [0.05, 0.1) is 0 Å². The lowest BCUT2D eigenvalue weighted by Gasteiger charge is -2.09. The van der Waals surface area contributed by atoms with Crippen LogP contribution in [-0.4, -0.2) is 35.5 Å². The fraction of sp³-hybridized carbons (Fsp3) is 0.312. The van der Waals surface area contributed by atoms with Gasteiger partial charge in [-0.25, -0.2) is 15.0 Å². The van der Waals surface area contributed by atoms with Gasteiger partial charge in [-0.3, -0.25) is 0 Å². The molecule has 0 atom stereocenters. The smallest absolute Gasteiger partial charge is 0.165 e. The van der Waals surface area contributed by atoms with Gasteiger partial charge in [-0.05, 0) is 18.4 Å². The molecule has 2 aromatic heterocycles. The van der Waals surface area contributed by atoms with Gasteiger partial charge in [0.2, 0.25) is 0 Å². The van der Waals surface area contributed by atoms with Crippen molar-refractivity contribution in [1.29, 1.82) is 0 Å². The van der Waals surface area contributed by atoms with Gasteiger partial charge in [0.1, 0.15) is 12.2 Å². The molecule has 0 aliphatic carbocycles. The van der Waals surface area contributed by atoms with Crippen molar-refractivity contribution in [2.45, 2.75) is 25.8 Å². The van der Waals surface area contributed by atoms with E-state index in [0.717, 1.165) is 24.4 Å². The molecular formula is C16H20N5O2P. The fourth-order valence-electron chi connectivity index (χ4n) is 2.69. The van der Waals surface area contributed by atoms with Crippen LogP contribution in [0.1, 0.15) is 17.8 Å². The minimum absolute atomic E-state index is 0.367. The fourth-order valence-corrected chi connectivity index (χ4v) is 3.13. The first kappa shape index (κ1) is 16.8. The minimum Gasteiger partial charge on any atom is -0.382 e. The summed E-state index contributed by atoms with van der Waals surface area (Å²) in [6.45, 7) is 0.735. The van der Waals surface area contributed by atoms with Gasteiger partial charge in [-0.15, -0.1) is 0 Å². The van der Waals surface area contributed by atoms with E-state index < -0.39 is 8.38 Å². The molecule has 0 amide bonds. The largest absolute Gasteiger partial charge is 0.382 e. The molecule has 0 bridgehead atoms. The number of fused-ring (bicyclic) bond motifs is 1. The van der Waals surface area contributed by atoms with E-state index in [4.69, 9.17) is 15.5 Å². The Morgan fingerprint density at radius 3 is 2.62 bits per heavy atom. The second kappa shape index (κ2) is 7.66. The monoisotopic (exact) mass is 345 g/mol. The van der Waals surface area contributed by atoms with Gasteiger partial charge in [0.15, 0.2) is 25.4 Å². The van der Waals surface area contributed by atoms with Crippen LogP contribution in [0.3, 0.4) is 0 Å². The van der Waals surface area contributed by atoms with Crippen LogP contribution in [0, 0.1) is 0 Å². The first-order valence-corrected chi connectivity index (χ1v) is 9.23. The number of hydrogen-bond donors (Lipinski definition) is 3. The van der Waals surface area contributed by atoms with Gasteiger partial charge < -0.3 is 20.1 Å². The Bertz CT molecular complexity index is 807. The summed E-state index contributed by atoms with van der Waals surface area (Å²) < 4.78 is 2.05. The maximum Gasteiger partial charge on any atom is 0.165 e. The molecule has 0 radical (unpaired) electrons. The Morgan fingerprint density at radius 2 is 1.88 bits per heavy atom. The first-order valence-electron chi connectivity index (χ1n) is 7.80. The van der Waals surface area contributed by atoms with E-state index in [9.17, 15) is 0 Å². The topological polar surface area (TPSA) is 110 Å². The van der Waals surface area contributed by atoms with Crippen molar-refractivity contribution >= 4 is 25.4 Å². The quantitative estimate of drug-likeness (QED) is 0.564. The number of hydrogen-bond acceptors (Lipinski definition) is 6. The summed E-state index contributed by atoms with van der Waals surface area (Å²) in [7, 11) is -1.87. The second-order valence-corrected chi connectivity index (χ2v) is 6.74. The summed E-state index contributed by atoms with van der Waals surface area (Å²) in [5.41, 5.74) is 8.49. The molecule has 3 rings (SSSR count). The zero-order valence-corrected chi connectivity index (χ0v) is 14.1. The van der Waals surface area contributed by atoms with Crippen molar-refractivity contribution in [3.8, 4) is 0 Å². The molecule has 0 aliphatic rings. The molecule has 0 saturated heterocycles. The molecule has 4 N–H and O–H groups in total. The summed E-state index contributed by atoms with van der Waals surface area (Å²) in [6.07, 6.45) is 3.97. The Labute approximate surface area is 141 Å². The van der Waals surface area contributed by atoms with Crippen LogP contribution in [0.4, 0.5) is 5.82 Å². The number of nitrogens with zero attached hydrogens (tertiary/aromatic N) is 4. The van der Waals surface area contributed by atoms with E-state index in [1.807, 2.05) is 18.2 Å². The number of aryl methyl sites for hydroxylation is 3. The number of imidazole rings is 1. The maximum absolute atomic E-state index is 9.09. The predicted octanol–water partition coefficient (Wildman–Crippen LogP) is 1.88. The molecule has 0 fully saturated rings. The lowest BCUT2D eigenvalue weighted by atomic mass is 10.1. The third-order valence-electron chi connectivity index (χ3n) is 3.86. The average molecular weight is 345 g/mol. The Kier molecular flexibility index (Phi) is 5.35. The molecule has 0 saturated carbocycles. The summed E-state index contributed by atoms with van der Waals surface area (Å²) in [5, 5.41) is 0. The van der Waals surface area contributed by atoms with E-state index >= 15 is 0 Å². The maximum atomic E-state index is 9.09. The molecule has 8 heteroatoms. The van der Waals surface area contributed by atoms with Crippen molar-refractivity contribution in [2.24, 2.45) is 0 Å². The lowest BCUT2D eigenvalue weighted by Crippen LogP contribution is -2.08. The third kappa shape index (κ3) is 3.87. The number of benzene rings is 1. The number of rotatable bonds is 7. The summed E-state index contributed by atoms with van der Waals surface area (Å²) >= 11 is 0. The second-order valence-electron chi connectivity index (χ2n) is 5.55. The number of nitrogens with two attached hydrogens (primary N) is 1. The van der Waals surface area contributed by atoms with Gasteiger partial charge >= 0.3 is 0 Å². The average Bonchev–Trinajstić information content (AvgIpc) is 2.93. The van der Waals surface area contributed by atoms with E-state index in [1.165, 1.54) is 11.9 Å². The Morgan fingerprint density at radius 1 is 1.08 bits per heavy atom. The number of anilines is 1. The van der Waals surface area contributed by atoms with Crippen LogP contribution in [-0.2, 0) is 19.4 Å². The summed E-state index contributed by atoms with van der Waals surface area (Å²) in [4.78, 5) is 31.1. The SMILES string of the molecule is Nc1ncnc2c1nc(CCCP(O)O)n2CCc1ccccc1. The molecule has 0 unspecified atom stereocenters. The van der Waals surface area contributed by atoms with Crippen LogP contribution in [0.15, 0.2) is 36.7 Å². The predicted molar refractivity (Wildman–Crippen MR) is 94.4 cm³/mol. The lowest BCUT2D eigenvalue weighted by molar-refractivity contribution is 0.479. The molecule has 24 heavy (non-hydrogen) atoms. The number of nitrogen functional groups attached to an aromatic ring is 1. The van der Waals surface area contributed by atoms with E-state index in [-0.39, 0.29) is 0 Å². The van der Waals surface area contributed by atoms with Crippen molar-refractivity contribution in [2.75, 3.05) is 11.9 Å². The molecule has 2 heterocycles. The molecule has 1 aromatic carbocycles. The van der Waals surface area contributed by atoms with Gasteiger partial charge in [0.25, 0.3) is 0 Å². The Balaban J connectivity index is 1.86. The summed E-state index contributed by atoms with van der Waals surface area (Å²) in [5.74, 6) is 1.22. The van der Waals surface area contributed by atoms with Gasteiger partial charge in [-0.1, -0.05) is 30.3 Å². The van der Waals surface area contributed by atoms with E-state index in [0.29, 0.717) is 30.3 Å². The highest BCUT2D eigenvalue weighted by atomic mass is 31.2. The van der Waals surface area contributed by atoms with Crippen LogP contribution in [0.2, 0.25) is 0 Å². The first-order chi connectivity index (χ1) is 11.6. The normalized spacial score (nSPS) is 11.5.